The van der Waals surface area contributed by atoms with Crippen LogP contribution in [0.2, 0.25) is 0 Å². The predicted octanol–water partition coefficient (Wildman–Crippen LogP) is 2.69. The molecular formula is C17H23NO4. The molecule has 1 aliphatic rings. The zero-order chi connectivity index (χ0) is 16.2. The highest BCUT2D eigenvalue weighted by Gasteiger charge is 2.43. The first kappa shape index (κ1) is 16.3. The summed E-state index contributed by atoms with van der Waals surface area (Å²) in [5.74, 6) is -0.253. The summed E-state index contributed by atoms with van der Waals surface area (Å²) in [6.07, 6.45) is 4.03. The van der Waals surface area contributed by atoms with Crippen molar-refractivity contribution in [3.63, 3.8) is 0 Å². The van der Waals surface area contributed by atoms with Gasteiger partial charge in [-0.3, -0.25) is 4.79 Å². The number of nitrogens with zero attached hydrogens (tertiary/aromatic N) is 1. The predicted molar refractivity (Wildman–Crippen MR) is 82.6 cm³/mol. The van der Waals surface area contributed by atoms with Gasteiger partial charge in [0, 0.05) is 19.0 Å². The Labute approximate surface area is 130 Å². The van der Waals surface area contributed by atoms with Crippen LogP contribution in [0.5, 0.6) is 5.75 Å². The number of carbonyl (C=O) groups is 2. The lowest BCUT2D eigenvalue weighted by Crippen LogP contribution is -2.45. The summed E-state index contributed by atoms with van der Waals surface area (Å²) in [5.41, 5.74) is 0.864. The average Bonchev–Trinajstić information content (AvgIpc) is 2.45. The SMILES string of the molecule is CCC1(C(=O)N(C)Cc2ccc(OCC(=O)O)cc2)CCC1. The van der Waals surface area contributed by atoms with Gasteiger partial charge in [0.15, 0.2) is 6.61 Å². The molecule has 1 fully saturated rings. The van der Waals surface area contributed by atoms with Gasteiger partial charge in [-0.15, -0.1) is 0 Å². The van der Waals surface area contributed by atoms with Crippen molar-refractivity contribution in [2.24, 2.45) is 5.41 Å². The van der Waals surface area contributed by atoms with Crippen LogP contribution in [0.3, 0.4) is 0 Å². The normalized spacial score (nSPS) is 15.7. The number of benzene rings is 1. The molecule has 1 saturated carbocycles. The number of carbonyl (C=O) groups excluding carboxylic acids is 1. The highest BCUT2D eigenvalue weighted by molar-refractivity contribution is 5.83. The van der Waals surface area contributed by atoms with Crippen LogP contribution in [0, 0.1) is 5.41 Å². The van der Waals surface area contributed by atoms with E-state index in [1.54, 1.807) is 17.0 Å². The van der Waals surface area contributed by atoms with Crippen LogP contribution in [0.1, 0.15) is 38.2 Å². The van der Waals surface area contributed by atoms with Crippen LogP contribution >= 0.6 is 0 Å². The molecular weight excluding hydrogens is 282 g/mol. The quantitative estimate of drug-likeness (QED) is 0.841. The Morgan fingerprint density at radius 3 is 2.36 bits per heavy atom. The van der Waals surface area contributed by atoms with E-state index >= 15 is 0 Å². The van der Waals surface area contributed by atoms with Gasteiger partial charge in [0.1, 0.15) is 5.75 Å². The summed E-state index contributed by atoms with van der Waals surface area (Å²) in [6, 6.07) is 7.19. The molecule has 0 bridgehead atoms. The second kappa shape index (κ2) is 6.81. The van der Waals surface area contributed by atoms with Crippen molar-refractivity contribution in [1.29, 1.82) is 0 Å². The fourth-order valence-corrected chi connectivity index (χ4v) is 2.91. The molecule has 0 aromatic heterocycles. The summed E-state index contributed by atoms with van der Waals surface area (Å²) in [7, 11) is 1.84. The lowest BCUT2D eigenvalue weighted by molar-refractivity contribution is -0.147. The van der Waals surface area contributed by atoms with E-state index in [0.717, 1.165) is 31.2 Å². The number of carboxylic acids is 1. The van der Waals surface area contributed by atoms with Gasteiger partial charge in [-0.1, -0.05) is 25.5 Å². The monoisotopic (exact) mass is 305 g/mol. The molecule has 1 aromatic rings. The molecule has 1 aliphatic carbocycles. The van der Waals surface area contributed by atoms with Crippen molar-refractivity contribution in [2.45, 2.75) is 39.2 Å². The van der Waals surface area contributed by atoms with Gasteiger partial charge in [-0.2, -0.15) is 0 Å². The number of amides is 1. The van der Waals surface area contributed by atoms with Gasteiger partial charge < -0.3 is 14.7 Å². The van der Waals surface area contributed by atoms with Crippen LogP contribution in [0.4, 0.5) is 0 Å². The van der Waals surface area contributed by atoms with Gasteiger partial charge in [-0.25, -0.2) is 4.79 Å². The van der Waals surface area contributed by atoms with Crippen molar-refractivity contribution in [3.05, 3.63) is 29.8 Å². The number of hydrogen-bond acceptors (Lipinski definition) is 3. The Hall–Kier alpha value is -2.04. The molecule has 22 heavy (non-hydrogen) atoms. The van der Waals surface area contributed by atoms with E-state index in [4.69, 9.17) is 9.84 Å². The average molecular weight is 305 g/mol. The van der Waals surface area contributed by atoms with Crippen molar-refractivity contribution >= 4 is 11.9 Å². The van der Waals surface area contributed by atoms with Crippen molar-refractivity contribution < 1.29 is 19.4 Å². The molecule has 1 aromatic carbocycles. The van der Waals surface area contributed by atoms with Crippen LogP contribution < -0.4 is 4.74 Å². The van der Waals surface area contributed by atoms with Crippen molar-refractivity contribution in [3.8, 4) is 5.75 Å². The van der Waals surface area contributed by atoms with E-state index in [0.29, 0.717) is 12.3 Å². The minimum atomic E-state index is -1.00. The van der Waals surface area contributed by atoms with Gasteiger partial charge >= 0.3 is 5.97 Å². The summed E-state index contributed by atoms with van der Waals surface area (Å²) in [6.45, 7) is 2.29. The smallest absolute Gasteiger partial charge is 0.341 e. The standard InChI is InChI=1S/C17H23NO4/c1-3-17(9-4-10-17)16(21)18(2)11-13-5-7-14(8-6-13)22-12-15(19)20/h5-8H,3-4,9-12H2,1-2H3,(H,19,20). The number of hydrogen-bond donors (Lipinski definition) is 1. The van der Waals surface area contributed by atoms with Gasteiger partial charge in [0.2, 0.25) is 5.91 Å². The van der Waals surface area contributed by atoms with Crippen LogP contribution in [-0.2, 0) is 16.1 Å². The molecule has 0 atom stereocenters. The van der Waals surface area contributed by atoms with Gasteiger partial charge in [-0.05, 0) is 37.0 Å². The van der Waals surface area contributed by atoms with E-state index in [9.17, 15) is 9.59 Å². The van der Waals surface area contributed by atoms with E-state index in [1.807, 2.05) is 19.2 Å². The minimum Gasteiger partial charge on any atom is -0.482 e. The Bertz CT molecular complexity index is 529. The lowest BCUT2D eigenvalue weighted by Gasteiger charge is -2.42. The molecule has 0 spiro atoms. The first-order chi connectivity index (χ1) is 10.5. The molecule has 0 heterocycles. The second-order valence-electron chi connectivity index (χ2n) is 5.98. The minimum absolute atomic E-state index is 0.140. The Balaban J connectivity index is 1.92. The molecule has 2 rings (SSSR count). The maximum atomic E-state index is 12.6. The summed E-state index contributed by atoms with van der Waals surface area (Å²) < 4.78 is 5.09. The maximum absolute atomic E-state index is 12.6. The highest BCUT2D eigenvalue weighted by Crippen LogP contribution is 2.45. The summed E-state index contributed by atoms with van der Waals surface area (Å²) >= 11 is 0. The lowest BCUT2D eigenvalue weighted by atomic mass is 9.66. The Morgan fingerprint density at radius 1 is 1.27 bits per heavy atom. The molecule has 0 unspecified atom stereocenters. The van der Waals surface area contributed by atoms with E-state index in [2.05, 4.69) is 6.92 Å². The third-order valence-electron chi connectivity index (χ3n) is 4.49. The zero-order valence-electron chi connectivity index (χ0n) is 13.2. The number of rotatable bonds is 7. The maximum Gasteiger partial charge on any atom is 0.341 e. The van der Waals surface area contributed by atoms with Gasteiger partial charge in [0.05, 0.1) is 0 Å². The topological polar surface area (TPSA) is 66.8 Å². The molecule has 0 saturated heterocycles. The van der Waals surface area contributed by atoms with Crippen LogP contribution in [0.25, 0.3) is 0 Å². The molecule has 1 amide bonds. The van der Waals surface area contributed by atoms with Crippen molar-refractivity contribution in [1.82, 2.24) is 4.90 Å². The zero-order valence-corrected chi connectivity index (χ0v) is 13.2. The van der Waals surface area contributed by atoms with E-state index in [-0.39, 0.29) is 17.9 Å². The fraction of sp³-hybridized carbons (Fsp3) is 0.529. The number of ether oxygens (including phenoxy) is 1. The molecule has 1 N–H and O–H groups in total. The molecule has 0 radical (unpaired) electrons. The van der Waals surface area contributed by atoms with Gasteiger partial charge in [0.25, 0.3) is 0 Å². The molecule has 0 aliphatic heterocycles. The van der Waals surface area contributed by atoms with Crippen LogP contribution in [0.15, 0.2) is 24.3 Å². The molecule has 5 nitrogen and oxygen atoms in total. The van der Waals surface area contributed by atoms with E-state index < -0.39 is 5.97 Å². The summed E-state index contributed by atoms with van der Waals surface area (Å²) in [4.78, 5) is 24.8. The first-order valence-corrected chi connectivity index (χ1v) is 7.66. The largest absolute Gasteiger partial charge is 0.482 e. The fourth-order valence-electron chi connectivity index (χ4n) is 2.91. The third-order valence-corrected chi connectivity index (χ3v) is 4.49. The Morgan fingerprint density at radius 2 is 1.91 bits per heavy atom. The van der Waals surface area contributed by atoms with Crippen molar-refractivity contribution in [2.75, 3.05) is 13.7 Å². The highest BCUT2D eigenvalue weighted by atomic mass is 16.5. The molecule has 120 valence electrons. The van der Waals surface area contributed by atoms with Crippen LogP contribution in [-0.4, -0.2) is 35.5 Å². The van der Waals surface area contributed by atoms with E-state index in [1.165, 1.54) is 0 Å². The second-order valence-corrected chi connectivity index (χ2v) is 5.98. The number of carboxylic acid groups (broad SMARTS) is 1. The molecule has 5 heteroatoms. The Kier molecular flexibility index (Phi) is 5.06. The first-order valence-electron chi connectivity index (χ1n) is 7.66. The third kappa shape index (κ3) is 3.59. The number of aliphatic carboxylic acids is 1. The summed E-state index contributed by atoms with van der Waals surface area (Å²) in [5, 5.41) is 8.57.